The summed E-state index contributed by atoms with van der Waals surface area (Å²) in [5, 5.41) is 0. The van der Waals surface area contributed by atoms with Crippen LogP contribution in [0.1, 0.15) is 64.7 Å². The van der Waals surface area contributed by atoms with E-state index in [2.05, 4.69) is 13.0 Å². The number of halogens is 2. The summed E-state index contributed by atoms with van der Waals surface area (Å²) in [6, 6.07) is 0. The van der Waals surface area contributed by atoms with Crippen LogP contribution in [-0.4, -0.2) is 20.2 Å². The molecule has 3 rings (SSSR count). The highest BCUT2D eigenvalue weighted by Gasteiger charge is 2.38. The average Bonchev–Trinajstić information content (AvgIpc) is 2.58. The number of hydrogen-bond donors (Lipinski definition) is 0. The number of alkyl halides is 2. The van der Waals surface area contributed by atoms with Crippen LogP contribution >= 0.6 is 0 Å². The van der Waals surface area contributed by atoms with E-state index in [1.807, 2.05) is 0 Å². The Morgan fingerprint density at radius 1 is 1.00 bits per heavy atom. The quantitative estimate of drug-likeness (QED) is 0.453. The first-order valence-electron chi connectivity index (χ1n) is 9.75. The van der Waals surface area contributed by atoms with Gasteiger partial charge in [-0.15, -0.1) is 0 Å². The first-order valence-corrected chi connectivity index (χ1v) is 9.75. The SMILES string of the molecule is [B]CC1CCC(C2CC=C(C3CC(F)C(F)CC3C)CC2)CC1. The minimum Gasteiger partial charge on any atom is -0.244 e. The first kappa shape index (κ1) is 17.5. The van der Waals surface area contributed by atoms with E-state index in [0.29, 0.717) is 18.8 Å². The van der Waals surface area contributed by atoms with Gasteiger partial charge in [0.1, 0.15) is 12.3 Å². The summed E-state index contributed by atoms with van der Waals surface area (Å²) in [4.78, 5) is 0. The lowest BCUT2D eigenvalue weighted by molar-refractivity contribution is 0.0656. The zero-order chi connectivity index (χ0) is 16.4. The second-order valence-electron chi connectivity index (χ2n) is 8.42. The summed E-state index contributed by atoms with van der Waals surface area (Å²) in [6.45, 7) is 2.10. The van der Waals surface area contributed by atoms with Crippen LogP contribution in [0.2, 0.25) is 6.32 Å². The Morgan fingerprint density at radius 2 is 1.70 bits per heavy atom. The largest absolute Gasteiger partial charge is 0.244 e. The van der Waals surface area contributed by atoms with Gasteiger partial charge in [-0.25, -0.2) is 8.78 Å². The molecular formula is C20H31BF2. The van der Waals surface area contributed by atoms with E-state index in [1.165, 1.54) is 37.7 Å². The molecule has 5 unspecified atom stereocenters. The van der Waals surface area contributed by atoms with Gasteiger partial charge >= 0.3 is 0 Å². The van der Waals surface area contributed by atoms with Crippen LogP contribution in [0.15, 0.2) is 11.6 Å². The van der Waals surface area contributed by atoms with Gasteiger partial charge in [0.05, 0.1) is 7.85 Å². The lowest BCUT2D eigenvalue weighted by Crippen LogP contribution is -2.35. The van der Waals surface area contributed by atoms with Gasteiger partial charge in [0.15, 0.2) is 0 Å². The third-order valence-corrected chi connectivity index (χ3v) is 7.01. The molecule has 0 N–H and O–H groups in total. The topological polar surface area (TPSA) is 0 Å². The summed E-state index contributed by atoms with van der Waals surface area (Å²) in [5.41, 5.74) is 1.43. The average molecular weight is 320 g/mol. The van der Waals surface area contributed by atoms with Crippen molar-refractivity contribution in [2.75, 3.05) is 0 Å². The molecule has 0 heterocycles. The van der Waals surface area contributed by atoms with Crippen molar-refractivity contribution >= 4 is 7.85 Å². The van der Waals surface area contributed by atoms with Gasteiger partial charge in [-0.2, -0.15) is 0 Å². The Kier molecular flexibility index (Phi) is 5.85. The van der Waals surface area contributed by atoms with Crippen LogP contribution < -0.4 is 0 Å². The Hall–Kier alpha value is -0.335. The van der Waals surface area contributed by atoms with E-state index in [0.717, 1.165) is 36.9 Å². The predicted molar refractivity (Wildman–Crippen MR) is 93.1 cm³/mol. The monoisotopic (exact) mass is 320 g/mol. The Labute approximate surface area is 141 Å². The molecule has 23 heavy (non-hydrogen) atoms. The minimum atomic E-state index is -1.25. The molecule has 2 fully saturated rings. The molecule has 0 aromatic heterocycles. The van der Waals surface area contributed by atoms with E-state index in [1.54, 1.807) is 0 Å². The lowest BCUT2D eigenvalue weighted by atomic mass is 9.66. The van der Waals surface area contributed by atoms with Gasteiger partial charge in [-0.3, -0.25) is 0 Å². The molecule has 0 aromatic rings. The standard InChI is InChI=1S/C20H31BF2/c1-13-10-19(22)20(23)11-18(13)17-8-6-16(7-9-17)15-4-2-14(12-21)3-5-15/h8,13-16,18-20H,2-7,9-12H2,1H3. The second kappa shape index (κ2) is 7.70. The van der Waals surface area contributed by atoms with Crippen molar-refractivity contribution in [3.8, 4) is 0 Å². The normalized spacial score (nSPS) is 45.5. The van der Waals surface area contributed by atoms with Crippen LogP contribution in [0.25, 0.3) is 0 Å². The van der Waals surface area contributed by atoms with Crippen LogP contribution in [0.4, 0.5) is 8.78 Å². The maximum Gasteiger partial charge on any atom is 0.132 e. The Balaban J connectivity index is 1.54. The predicted octanol–water partition coefficient (Wildman–Crippen LogP) is 5.83. The molecule has 0 amide bonds. The maximum atomic E-state index is 13.8. The van der Waals surface area contributed by atoms with Gasteiger partial charge in [-0.1, -0.05) is 37.7 Å². The molecule has 0 bridgehead atoms. The Bertz CT molecular complexity index is 414. The molecule has 2 saturated carbocycles. The summed E-state index contributed by atoms with van der Waals surface area (Å²) in [5.74, 6) is 3.00. The number of allylic oxidation sites excluding steroid dienone is 2. The van der Waals surface area contributed by atoms with E-state index in [9.17, 15) is 8.78 Å². The van der Waals surface area contributed by atoms with Crippen molar-refractivity contribution < 1.29 is 8.78 Å². The molecule has 5 atom stereocenters. The van der Waals surface area contributed by atoms with Gasteiger partial charge in [0.2, 0.25) is 0 Å². The maximum absolute atomic E-state index is 13.8. The molecule has 3 aliphatic rings. The summed E-state index contributed by atoms with van der Waals surface area (Å²) < 4.78 is 27.3. The molecule has 3 heteroatoms. The van der Waals surface area contributed by atoms with Crippen molar-refractivity contribution in [1.29, 1.82) is 0 Å². The fraction of sp³-hybridized carbons (Fsp3) is 0.900. The second-order valence-corrected chi connectivity index (χ2v) is 8.42. The van der Waals surface area contributed by atoms with Gasteiger partial charge in [0.25, 0.3) is 0 Å². The van der Waals surface area contributed by atoms with Crippen molar-refractivity contribution in [2.24, 2.45) is 29.6 Å². The van der Waals surface area contributed by atoms with E-state index >= 15 is 0 Å². The molecule has 0 saturated heterocycles. The van der Waals surface area contributed by atoms with Crippen molar-refractivity contribution in [3.05, 3.63) is 11.6 Å². The summed E-state index contributed by atoms with van der Waals surface area (Å²) >= 11 is 0. The van der Waals surface area contributed by atoms with E-state index in [-0.39, 0.29) is 5.92 Å². The zero-order valence-electron chi connectivity index (χ0n) is 14.5. The van der Waals surface area contributed by atoms with Crippen LogP contribution in [0.5, 0.6) is 0 Å². The highest BCUT2D eigenvalue weighted by atomic mass is 19.2. The molecule has 0 nitrogen and oxygen atoms in total. The fourth-order valence-electron chi connectivity index (χ4n) is 5.34. The van der Waals surface area contributed by atoms with Gasteiger partial charge < -0.3 is 0 Å². The van der Waals surface area contributed by atoms with Crippen molar-refractivity contribution in [1.82, 2.24) is 0 Å². The highest BCUT2D eigenvalue weighted by Crippen LogP contribution is 2.45. The first-order chi connectivity index (χ1) is 11.1. The summed E-state index contributed by atoms with van der Waals surface area (Å²) in [7, 11) is 5.80. The highest BCUT2D eigenvalue weighted by molar-refractivity contribution is 6.08. The minimum absolute atomic E-state index is 0.283. The zero-order valence-corrected chi connectivity index (χ0v) is 14.5. The smallest absolute Gasteiger partial charge is 0.132 e. The molecular weight excluding hydrogens is 289 g/mol. The van der Waals surface area contributed by atoms with E-state index < -0.39 is 12.3 Å². The van der Waals surface area contributed by atoms with Crippen LogP contribution in [0, 0.1) is 29.6 Å². The molecule has 0 aromatic carbocycles. The number of rotatable bonds is 3. The van der Waals surface area contributed by atoms with Crippen molar-refractivity contribution in [3.63, 3.8) is 0 Å². The third kappa shape index (κ3) is 4.02. The van der Waals surface area contributed by atoms with Gasteiger partial charge in [-0.05, 0) is 74.5 Å². The van der Waals surface area contributed by atoms with E-state index in [4.69, 9.17) is 7.85 Å². The van der Waals surface area contributed by atoms with Crippen LogP contribution in [-0.2, 0) is 0 Å². The molecule has 128 valence electrons. The lowest BCUT2D eigenvalue weighted by Gasteiger charge is -2.39. The Morgan fingerprint density at radius 3 is 2.30 bits per heavy atom. The number of hydrogen-bond acceptors (Lipinski definition) is 0. The van der Waals surface area contributed by atoms with Crippen LogP contribution in [0.3, 0.4) is 0 Å². The molecule has 0 aliphatic heterocycles. The fourth-order valence-corrected chi connectivity index (χ4v) is 5.34. The summed E-state index contributed by atoms with van der Waals surface area (Å²) in [6.07, 6.45) is 10.4. The third-order valence-electron chi connectivity index (χ3n) is 7.01. The molecule has 3 aliphatic carbocycles. The molecule has 2 radical (unpaired) electrons. The van der Waals surface area contributed by atoms with Crippen molar-refractivity contribution in [2.45, 2.75) is 83.4 Å². The van der Waals surface area contributed by atoms with Gasteiger partial charge in [0, 0.05) is 0 Å². The molecule has 0 spiro atoms.